The van der Waals surface area contributed by atoms with Gasteiger partial charge in [0.15, 0.2) is 6.20 Å². The Morgan fingerprint density at radius 3 is 1.96 bits per heavy atom. The normalized spacial score (nSPS) is 18.7. The van der Waals surface area contributed by atoms with Crippen molar-refractivity contribution in [3.63, 3.8) is 0 Å². The number of hydrogen-bond donors (Lipinski definition) is 0. The summed E-state index contributed by atoms with van der Waals surface area (Å²) < 4.78 is 2.31. The van der Waals surface area contributed by atoms with Crippen LogP contribution >= 0.6 is 0 Å². The minimum absolute atomic E-state index is 0.172. The highest BCUT2D eigenvalue weighted by molar-refractivity contribution is 5.65. The van der Waals surface area contributed by atoms with Gasteiger partial charge in [-0.2, -0.15) is 0 Å². The lowest BCUT2D eigenvalue weighted by atomic mass is 9.73. The minimum Gasteiger partial charge on any atom is -0.201 e. The Morgan fingerprint density at radius 2 is 1.44 bits per heavy atom. The quantitative estimate of drug-likeness (QED) is 0.400. The standard InChI is InChI=1S/C26H38N/c1-18-15-21-22(26(7,8)14-10-13-25(21,5)6)16-20(18)23-12-11-19(17-27(23)9)24(2,3)4/h11-12,15-17H,10,13-14H2,1-9H3/q+1. The summed E-state index contributed by atoms with van der Waals surface area (Å²) in [6, 6.07) is 9.60. The van der Waals surface area contributed by atoms with Gasteiger partial charge in [-0.25, -0.2) is 4.57 Å². The highest BCUT2D eigenvalue weighted by Gasteiger charge is 2.35. The molecule has 0 N–H and O–H groups in total. The first-order chi connectivity index (χ1) is 12.3. The molecule has 1 aromatic carbocycles. The van der Waals surface area contributed by atoms with Gasteiger partial charge in [-0.15, -0.1) is 0 Å². The molecular weight excluding hydrogens is 326 g/mol. The number of hydrogen-bond acceptors (Lipinski definition) is 0. The second-order valence-corrected chi connectivity index (χ2v) is 11.0. The van der Waals surface area contributed by atoms with Gasteiger partial charge in [0.1, 0.15) is 7.05 Å². The van der Waals surface area contributed by atoms with Crippen molar-refractivity contribution in [2.75, 3.05) is 0 Å². The Bertz CT molecular complexity index is 863. The van der Waals surface area contributed by atoms with Crippen LogP contribution in [0, 0.1) is 6.92 Å². The molecule has 1 aliphatic rings. The summed E-state index contributed by atoms with van der Waals surface area (Å²) in [6.07, 6.45) is 6.14. The van der Waals surface area contributed by atoms with E-state index in [4.69, 9.17) is 0 Å². The molecule has 0 saturated carbocycles. The van der Waals surface area contributed by atoms with E-state index in [0.29, 0.717) is 0 Å². The van der Waals surface area contributed by atoms with Crippen LogP contribution in [-0.2, 0) is 23.3 Å². The molecule has 1 heterocycles. The third-order valence-electron chi connectivity index (χ3n) is 6.70. The summed E-state index contributed by atoms with van der Waals surface area (Å²) in [5, 5.41) is 0. The van der Waals surface area contributed by atoms with Crippen LogP contribution in [0.15, 0.2) is 30.5 Å². The lowest BCUT2D eigenvalue weighted by Crippen LogP contribution is -2.33. The number of rotatable bonds is 1. The molecule has 146 valence electrons. The van der Waals surface area contributed by atoms with E-state index in [9.17, 15) is 0 Å². The van der Waals surface area contributed by atoms with Gasteiger partial charge in [0, 0.05) is 17.2 Å². The van der Waals surface area contributed by atoms with Crippen LogP contribution in [0.25, 0.3) is 11.3 Å². The molecule has 1 aliphatic carbocycles. The third kappa shape index (κ3) is 3.71. The summed E-state index contributed by atoms with van der Waals surface area (Å²) in [7, 11) is 2.19. The molecule has 0 unspecified atom stereocenters. The molecule has 1 heteroatoms. The third-order valence-corrected chi connectivity index (χ3v) is 6.70. The smallest absolute Gasteiger partial charge is 0.201 e. The number of aromatic nitrogens is 1. The molecule has 2 aromatic rings. The van der Waals surface area contributed by atoms with Crippen molar-refractivity contribution in [3.05, 3.63) is 52.7 Å². The van der Waals surface area contributed by atoms with Crippen molar-refractivity contribution in [1.82, 2.24) is 0 Å². The molecule has 0 bridgehead atoms. The van der Waals surface area contributed by atoms with Crippen molar-refractivity contribution in [2.24, 2.45) is 7.05 Å². The maximum atomic E-state index is 2.50. The van der Waals surface area contributed by atoms with Crippen LogP contribution in [0.4, 0.5) is 0 Å². The zero-order chi connectivity index (χ0) is 20.2. The van der Waals surface area contributed by atoms with Gasteiger partial charge in [-0.05, 0) is 64.8 Å². The summed E-state index contributed by atoms with van der Waals surface area (Å²) in [4.78, 5) is 0. The zero-order valence-corrected chi connectivity index (χ0v) is 19.0. The van der Waals surface area contributed by atoms with E-state index in [-0.39, 0.29) is 16.2 Å². The van der Waals surface area contributed by atoms with Crippen LogP contribution in [0.5, 0.6) is 0 Å². The van der Waals surface area contributed by atoms with Crippen LogP contribution in [-0.4, -0.2) is 0 Å². The Kier molecular flexibility index (Phi) is 4.82. The van der Waals surface area contributed by atoms with Crippen LogP contribution in [0.2, 0.25) is 0 Å². The summed E-state index contributed by atoms with van der Waals surface area (Å²) >= 11 is 0. The summed E-state index contributed by atoms with van der Waals surface area (Å²) in [5.41, 5.74) is 9.21. The fourth-order valence-corrected chi connectivity index (χ4v) is 4.68. The Hall–Kier alpha value is -1.63. The first kappa shape index (κ1) is 20.1. The van der Waals surface area contributed by atoms with Crippen molar-refractivity contribution < 1.29 is 4.57 Å². The van der Waals surface area contributed by atoms with E-state index in [1.165, 1.54) is 41.6 Å². The van der Waals surface area contributed by atoms with Crippen molar-refractivity contribution in [2.45, 2.75) is 90.9 Å². The van der Waals surface area contributed by atoms with E-state index in [0.717, 1.165) is 0 Å². The zero-order valence-electron chi connectivity index (χ0n) is 19.0. The molecule has 1 nitrogen and oxygen atoms in total. The van der Waals surface area contributed by atoms with E-state index in [1.807, 2.05) is 0 Å². The fourth-order valence-electron chi connectivity index (χ4n) is 4.68. The van der Waals surface area contributed by atoms with Crippen LogP contribution in [0.3, 0.4) is 0 Å². The van der Waals surface area contributed by atoms with Gasteiger partial charge in [0.25, 0.3) is 0 Å². The maximum absolute atomic E-state index is 2.50. The first-order valence-corrected chi connectivity index (χ1v) is 10.5. The van der Waals surface area contributed by atoms with Gasteiger partial charge in [0.05, 0.1) is 0 Å². The fraction of sp³-hybridized carbons (Fsp3) is 0.577. The van der Waals surface area contributed by atoms with Gasteiger partial charge in [-0.1, -0.05) is 61.0 Å². The van der Waals surface area contributed by atoms with Crippen molar-refractivity contribution >= 4 is 0 Å². The number of aryl methyl sites for hydroxylation is 2. The predicted octanol–water partition coefficient (Wildman–Crippen LogP) is 6.52. The monoisotopic (exact) mass is 364 g/mol. The molecule has 0 atom stereocenters. The van der Waals surface area contributed by atoms with Crippen LogP contribution < -0.4 is 4.57 Å². The summed E-state index contributed by atoms with van der Waals surface area (Å²) in [5.74, 6) is 0. The SMILES string of the molecule is Cc1cc2c(cc1-c1ccc(C(C)(C)C)c[n+]1C)C(C)(C)CCCC2(C)C. The van der Waals surface area contributed by atoms with Crippen molar-refractivity contribution in [1.29, 1.82) is 0 Å². The molecule has 0 spiro atoms. The number of fused-ring (bicyclic) bond motifs is 1. The topological polar surface area (TPSA) is 3.88 Å². The largest absolute Gasteiger partial charge is 0.212 e. The van der Waals surface area contributed by atoms with E-state index < -0.39 is 0 Å². The molecule has 0 amide bonds. The van der Waals surface area contributed by atoms with Gasteiger partial charge in [-0.3, -0.25) is 0 Å². The highest BCUT2D eigenvalue weighted by atomic mass is 14.9. The molecule has 1 aromatic heterocycles. The second kappa shape index (κ2) is 6.47. The van der Waals surface area contributed by atoms with Gasteiger partial charge < -0.3 is 0 Å². The van der Waals surface area contributed by atoms with E-state index in [2.05, 4.69) is 97.5 Å². The predicted molar refractivity (Wildman–Crippen MR) is 116 cm³/mol. The Labute approximate surface area is 166 Å². The Morgan fingerprint density at radius 1 is 0.889 bits per heavy atom. The van der Waals surface area contributed by atoms with Gasteiger partial charge in [0.2, 0.25) is 5.69 Å². The number of pyridine rings is 1. The molecule has 0 aliphatic heterocycles. The maximum Gasteiger partial charge on any atom is 0.212 e. The first-order valence-electron chi connectivity index (χ1n) is 10.5. The molecule has 0 radical (unpaired) electrons. The lowest BCUT2D eigenvalue weighted by Gasteiger charge is -2.31. The van der Waals surface area contributed by atoms with E-state index in [1.54, 1.807) is 11.1 Å². The van der Waals surface area contributed by atoms with E-state index >= 15 is 0 Å². The molecular formula is C26H38N+. The average molecular weight is 365 g/mol. The number of benzene rings is 1. The average Bonchev–Trinajstić information content (AvgIpc) is 2.61. The molecule has 27 heavy (non-hydrogen) atoms. The van der Waals surface area contributed by atoms with Gasteiger partial charge >= 0.3 is 0 Å². The second-order valence-electron chi connectivity index (χ2n) is 11.0. The summed E-state index contributed by atoms with van der Waals surface area (Å²) in [6.45, 7) is 18.8. The number of nitrogens with zero attached hydrogens (tertiary/aromatic N) is 1. The highest BCUT2D eigenvalue weighted by Crippen LogP contribution is 2.45. The Balaban J connectivity index is 2.21. The minimum atomic E-state index is 0.172. The lowest BCUT2D eigenvalue weighted by molar-refractivity contribution is -0.661. The van der Waals surface area contributed by atoms with Crippen molar-refractivity contribution in [3.8, 4) is 11.3 Å². The molecule has 3 rings (SSSR count). The molecule has 0 fully saturated rings. The van der Waals surface area contributed by atoms with Crippen LogP contribution in [0.1, 0.15) is 90.0 Å². The molecule has 0 saturated heterocycles.